The van der Waals surface area contributed by atoms with Crippen LogP contribution in [0, 0.1) is 5.92 Å². The molecule has 2 aliphatic heterocycles. The van der Waals surface area contributed by atoms with Gasteiger partial charge in [0, 0.05) is 13.2 Å². The zero-order valence-electron chi connectivity index (χ0n) is 10.2. The summed E-state index contributed by atoms with van der Waals surface area (Å²) in [6, 6.07) is 0. The van der Waals surface area contributed by atoms with Crippen LogP contribution in [0.3, 0.4) is 0 Å². The molecule has 17 heavy (non-hydrogen) atoms. The van der Waals surface area contributed by atoms with Crippen molar-refractivity contribution in [1.82, 2.24) is 10.0 Å². The lowest BCUT2D eigenvalue weighted by molar-refractivity contribution is 0.114. The van der Waals surface area contributed by atoms with Gasteiger partial charge in [0.2, 0.25) is 10.0 Å². The number of sulfonamides is 1. The molecule has 0 spiro atoms. The van der Waals surface area contributed by atoms with Gasteiger partial charge in [-0.05, 0) is 44.7 Å². The Morgan fingerprint density at radius 3 is 2.82 bits per heavy atom. The largest absolute Gasteiger partial charge is 0.377 e. The monoisotopic (exact) mass is 262 g/mol. The fraction of sp³-hybridized carbons (Fsp3) is 1.00. The second kappa shape index (κ2) is 6.13. The van der Waals surface area contributed by atoms with E-state index in [1.54, 1.807) is 0 Å². The van der Waals surface area contributed by atoms with Gasteiger partial charge in [0.05, 0.1) is 11.9 Å². The van der Waals surface area contributed by atoms with E-state index < -0.39 is 10.0 Å². The summed E-state index contributed by atoms with van der Waals surface area (Å²) in [7, 11) is -3.14. The third kappa shape index (κ3) is 4.54. The fourth-order valence-electron chi connectivity index (χ4n) is 2.46. The Labute approximate surface area is 103 Å². The molecule has 0 radical (unpaired) electrons. The molecule has 2 atom stereocenters. The molecule has 0 aliphatic carbocycles. The van der Waals surface area contributed by atoms with Gasteiger partial charge in [-0.3, -0.25) is 0 Å². The first-order chi connectivity index (χ1) is 8.16. The van der Waals surface area contributed by atoms with Crippen molar-refractivity contribution in [1.29, 1.82) is 0 Å². The highest BCUT2D eigenvalue weighted by molar-refractivity contribution is 7.89. The summed E-state index contributed by atoms with van der Waals surface area (Å²) in [5.41, 5.74) is 0. The number of ether oxygens (including phenoxy) is 1. The summed E-state index contributed by atoms with van der Waals surface area (Å²) < 4.78 is 31.8. The normalized spacial score (nSPS) is 30.6. The summed E-state index contributed by atoms with van der Waals surface area (Å²) in [6.07, 6.45) is 4.17. The summed E-state index contributed by atoms with van der Waals surface area (Å²) in [4.78, 5) is 0. The molecule has 2 N–H and O–H groups in total. The second-order valence-electron chi connectivity index (χ2n) is 4.98. The molecule has 5 nitrogen and oxygen atoms in total. The molecular formula is C11H22N2O3S. The lowest BCUT2D eigenvalue weighted by atomic mass is 10.0. The predicted octanol–water partition coefficient (Wildman–Crippen LogP) is 0.0844. The molecule has 2 rings (SSSR count). The van der Waals surface area contributed by atoms with E-state index in [1.807, 2.05) is 0 Å². The summed E-state index contributed by atoms with van der Waals surface area (Å²) in [5.74, 6) is 0.498. The molecule has 2 fully saturated rings. The molecule has 0 aromatic carbocycles. The maximum atomic E-state index is 11.9. The molecule has 2 heterocycles. The lowest BCUT2D eigenvalue weighted by Gasteiger charge is -2.22. The predicted molar refractivity (Wildman–Crippen MR) is 66.4 cm³/mol. The van der Waals surface area contributed by atoms with Gasteiger partial charge >= 0.3 is 0 Å². The minimum atomic E-state index is -3.14. The fourth-order valence-corrected chi connectivity index (χ4v) is 3.92. The van der Waals surface area contributed by atoms with Crippen LogP contribution in [0.1, 0.15) is 25.7 Å². The van der Waals surface area contributed by atoms with Crippen molar-refractivity contribution in [2.75, 3.05) is 32.0 Å². The highest BCUT2D eigenvalue weighted by atomic mass is 32.2. The molecule has 0 amide bonds. The van der Waals surface area contributed by atoms with E-state index >= 15 is 0 Å². The molecule has 100 valence electrons. The Hall–Kier alpha value is -0.170. The lowest BCUT2D eigenvalue weighted by Crippen LogP contribution is -2.39. The summed E-state index contributed by atoms with van der Waals surface area (Å²) in [5, 5.41) is 3.24. The topological polar surface area (TPSA) is 67.4 Å². The number of piperidine rings is 1. The summed E-state index contributed by atoms with van der Waals surface area (Å²) >= 11 is 0. The first-order valence-electron chi connectivity index (χ1n) is 6.45. The Kier molecular flexibility index (Phi) is 4.78. The maximum Gasteiger partial charge on any atom is 0.212 e. The van der Waals surface area contributed by atoms with Crippen LogP contribution < -0.4 is 10.0 Å². The van der Waals surface area contributed by atoms with E-state index in [2.05, 4.69) is 10.0 Å². The van der Waals surface area contributed by atoms with Crippen LogP contribution in [0.4, 0.5) is 0 Å². The minimum absolute atomic E-state index is 0.0780. The smallest absolute Gasteiger partial charge is 0.212 e. The van der Waals surface area contributed by atoms with E-state index in [0.717, 1.165) is 45.4 Å². The average Bonchev–Trinajstić information content (AvgIpc) is 2.80. The van der Waals surface area contributed by atoms with Gasteiger partial charge < -0.3 is 10.1 Å². The number of rotatable bonds is 5. The van der Waals surface area contributed by atoms with Gasteiger partial charge in [-0.15, -0.1) is 0 Å². The Morgan fingerprint density at radius 2 is 2.18 bits per heavy atom. The molecule has 0 aromatic rings. The molecule has 0 bridgehead atoms. The van der Waals surface area contributed by atoms with Crippen LogP contribution in [0.25, 0.3) is 0 Å². The SMILES string of the molecule is O=S(=O)(CC1CCCNC1)NCC1CCCO1. The first kappa shape index (κ1) is 13.3. The van der Waals surface area contributed by atoms with Crippen LogP contribution in [-0.4, -0.2) is 46.5 Å². The van der Waals surface area contributed by atoms with Crippen molar-refractivity contribution in [3.8, 4) is 0 Å². The highest BCUT2D eigenvalue weighted by Gasteiger charge is 2.23. The van der Waals surface area contributed by atoms with Crippen LogP contribution in [0.2, 0.25) is 0 Å². The van der Waals surface area contributed by atoms with Crippen LogP contribution >= 0.6 is 0 Å². The van der Waals surface area contributed by atoms with Crippen molar-refractivity contribution in [2.45, 2.75) is 31.8 Å². The van der Waals surface area contributed by atoms with Gasteiger partial charge in [-0.2, -0.15) is 0 Å². The zero-order valence-corrected chi connectivity index (χ0v) is 11.0. The van der Waals surface area contributed by atoms with Gasteiger partial charge in [-0.25, -0.2) is 13.1 Å². The number of hydrogen-bond acceptors (Lipinski definition) is 4. The van der Waals surface area contributed by atoms with E-state index in [4.69, 9.17) is 4.74 Å². The van der Waals surface area contributed by atoms with Crippen molar-refractivity contribution < 1.29 is 13.2 Å². The maximum absolute atomic E-state index is 11.9. The van der Waals surface area contributed by atoms with Crippen LogP contribution in [0.15, 0.2) is 0 Å². The summed E-state index contributed by atoms with van der Waals surface area (Å²) in [6.45, 7) is 3.03. The van der Waals surface area contributed by atoms with Crippen LogP contribution in [0.5, 0.6) is 0 Å². The van der Waals surface area contributed by atoms with Crippen molar-refractivity contribution in [2.24, 2.45) is 5.92 Å². The Bertz CT molecular complexity index is 320. The van der Waals surface area contributed by atoms with Gasteiger partial charge in [0.15, 0.2) is 0 Å². The van der Waals surface area contributed by atoms with E-state index in [9.17, 15) is 8.42 Å². The Balaban J connectivity index is 1.73. The molecule has 2 unspecified atom stereocenters. The molecule has 2 saturated heterocycles. The highest BCUT2D eigenvalue weighted by Crippen LogP contribution is 2.13. The van der Waals surface area contributed by atoms with Gasteiger partial charge in [0.1, 0.15) is 0 Å². The third-order valence-corrected chi connectivity index (χ3v) is 4.93. The van der Waals surface area contributed by atoms with Gasteiger partial charge in [-0.1, -0.05) is 0 Å². The second-order valence-corrected chi connectivity index (χ2v) is 6.83. The van der Waals surface area contributed by atoms with Gasteiger partial charge in [0.25, 0.3) is 0 Å². The molecule has 2 aliphatic rings. The molecular weight excluding hydrogens is 240 g/mol. The standard InChI is InChI=1S/C11H22N2O3S/c14-17(15,9-10-3-1-5-12-7-10)13-8-11-4-2-6-16-11/h10-13H,1-9H2. The first-order valence-corrected chi connectivity index (χ1v) is 8.10. The molecule has 0 aromatic heterocycles. The average molecular weight is 262 g/mol. The van der Waals surface area contributed by atoms with E-state index in [-0.39, 0.29) is 17.8 Å². The van der Waals surface area contributed by atoms with E-state index in [0.29, 0.717) is 6.54 Å². The van der Waals surface area contributed by atoms with Crippen molar-refractivity contribution in [3.63, 3.8) is 0 Å². The molecule has 0 saturated carbocycles. The number of nitrogens with one attached hydrogen (secondary N) is 2. The van der Waals surface area contributed by atoms with Crippen molar-refractivity contribution >= 4 is 10.0 Å². The molecule has 6 heteroatoms. The zero-order chi connectivity index (χ0) is 12.1. The third-order valence-electron chi connectivity index (χ3n) is 3.41. The van der Waals surface area contributed by atoms with E-state index in [1.165, 1.54) is 0 Å². The quantitative estimate of drug-likeness (QED) is 0.736. The number of hydrogen-bond donors (Lipinski definition) is 2. The van der Waals surface area contributed by atoms with Crippen LogP contribution in [-0.2, 0) is 14.8 Å². The minimum Gasteiger partial charge on any atom is -0.377 e. The Morgan fingerprint density at radius 1 is 1.29 bits per heavy atom. The van der Waals surface area contributed by atoms with Crippen molar-refractivity contribution in [3.05, 3.63) is 0 Å².